The van der Waals surface area contributed by atoms with Gasteiger partial charge >= 0.3 is 0 Å². The van der Waals surface area contributed by atoms with E-state index in [0.29, 0.717) is 0 Å². The highest BCUT2D eigenvalue weighted by atomic mass is 16.3. The summed E-state index contributed by atoms with van der Waals surface area (Å²) >= 11 is 0. The van der Waals surface area contributed by atoms with Gasteiger partial charge in [0.05, 0.1) is 22.7 Å². The van der Waals surface area contributed by atoms with E-state index in [2.05, 4.69) is 273 Å². The molecule has 0 bridgehead atoms. The zero-order valence-corrected chi connectivity index (χ0v) is 55.2. The maximum Gasteiger partial charge on any atom is 0.297 e. The molecule has 7 aliphatic rings. The Labute approximate surface area is 515 Å². The molecule has 15 rings (SSSR count). The van der Waals surface area contributed by atoms with Gasteiger partial charge in [-0.05, 0) is 211 Å². The van der Waals surface area contributed by atoms with Crippen LogP contribution in [0.25, 0.3) is 11.1 Å². The fraction of sp³-hybridized carbons (Fsp3) is 0.432. The third-order valence-corrected chi connectivity index (χ3v) is 23.8. The lowest BCUT2D eigenvalue weighted by atomic mass is 9.35. The summed E-state index contributed by atoms with van der Waals surface area (Å²) in [5.74, 6) is 1.16. The first-order chi connectivity index (χ1) is 40.3. The van der Waals surface area contributed by atoms with E-state index >= 15 is 0 Å². The molecule has 0 amide bonds. The van der Waals surface area contributed by atoms with Crippen LogP contribution in [0.2, 0.25) is 0 Å². The molecule has 8 aromatic rings. The topological polar surface area (TPSA) is 22.9 Å². The van der Waals surface area contributed by atoms with Crippen molar-refractivity contribution in [3.8, 4) is 11.1 Å². The highest BCUT2D eigenvalue weighted by Crippen LogP contribution is 2.60. The van der Waals surface area contributed by atoms with Crippen LogP contribution in [0.3, 0.4) is 0 Å². The average molecular weight is 1130 g/mol. The van der Waals surface area contributed by atoms with Gasteiger partial charge < -0.3 is 19.1 Å². The number of para-hydroxylation sites is 1. The standard InChI is InChI=1S/C81H92BN3O/c1-73(2)35-37-75(5,6)58-43-50(31-33-55(58)73)84-64-48-61-60(77(9,10)39-40-78(61,11)12)47-62(64)82-69-65(84)45-52(83(49-25-20-19-21-26-49)63-30-24-29-57-67(63)53-27-22-23-28-54(53)81(57,17)18)46-66(69)85(51-32-34-56-59(44-51)76(7,8)38-36-74(56,3)4)70-68-71(86-72(70)82)80(15,16)42-41-79(68,13)14/h19-34,43-48H,35-42H2,1-18H3. The fourth-order valence-electron chi connectivity index (χ4n) is 17.9. The molecular weight excluding hydrogens is 1040 g/mol. The monoisotopic (exact) mass is 1130 g/mol. The smallest absolute Gasteiger partial charge is 0.297 e. The normalized spacial score (nSPS) is 21.5. The summed E-state index contributed by atoms with van der Waals surface area (Å²) in [7, 11) is 0. The van der Waals surface area contributed by atoms with E-state index in [9.17, 15) is 0 Å². The van der Waals surface area contributed by atoms with Crippen LogP contribution in [0.5, 0.6) is 0 Å². The maximum atomic E-state index is 8.08. The Morgan fingerprint density at radius 1 is 0.384 bits per heavy atom. The van der Waals surface area contributed by atoms with Crippen molar-refractivity contribution in [2.24, 2.45) is 0 Å². The third-order valence-electron chi connectivity index (χ3n) is 23.8. The molecule has 4 nitrogen and oxygen atoms in total. The predicted molar refractivity (Wildman–Crippen MR) is 366 cm³/mol. The van der Waals surface area contributed by atoms with Gasteiger partial charge in [0, 0.05) is 56.1 Å². The molecule has 7 aromatic carbocycles. The van der Waals surface area contributed by atoms with Gasteiger partial charge in [-0.25, -0.2) is 0 Å². The van der Waals surface area contributed by atoms with Crippen molar-refractivity contribution in [2.45, 2.75) is 225 Å². The first-order valence-corrected chi connectivity index (χ1v) is 32.9. The van der Waals surface area contributed by atoms with Crippen LogP contribution in [0.4, 0.5) is 51.2 Å². The van der Waals surface area contributed by atoms with Crippen LogP contribution < -0.4 is 31.3 Å². The number of rotatable bonds is 5. The molecule has 0 unspecified atom stereocenters. The van der Waals surface area contributed by atoms with Crippen LogP contribution >= 0.6 is 0 Å². The van der Waals surface area contributed by atoms with E-state index in [1.165, 1.54) is 125 Å². The zero-order valence-electron chi connectivity index (χ0n) is 55.2. The first-order valence-electron chi connectivity index (χ1n) is 32.9. The highest BCUT2D eigenvalue weighted by Gasteiger charge is 2.54. The van der Waals surface area contributed by atoms with Gasteiger partial charge in [-0.1, -0.05) is 197 Å². The molecule has 0 saturated heterocycles. The second kappa shape index (κ2) is 17.8. The number of benzene rings is 7. The Morgan fingerprint density at radius 3 is 1.45 bits per heavy atom. The average Bonchev–Trinajstić information content (AvgIpc) is 1.25. The van der Waals surface area contributed by atoms with Crippen molar-refractivity contribution in [1.29, 1.82) is 0 Å². The van der Waals surface area contributed by atoms with Crippen LogP contribution in [0.1, 0.15) is 232 Å². The Kier molecular flexibility index (Phi) is 11.5. The Morgan fingerprint density at radius 2 is 0.860 bits per heavy atom. The minimum atomic E-state index is -0.185. The highest BCUT2D eigenvalue weighted by molar-refractivity contribution is 6.99. The van der Waals surface area contributed by atoms with Crippen LogP contribution in [0.15, 0.2) is 138 Å². The molecule has 440 valence electrons. The van der Waals surface area contributed by atoms with Crippen LogP contribution in [0, 0.1) is 0 Å². The summed E-state index contributed by atoms with van der Waals surface area (Å²) in [6.07, 6.45) is 9.04. The molecule has 1 aromatic heterocycles. The number of anilines is 9. The second-order valence-electron chi connectivity index (χ2n) is 33.5. The lowest BCUT2D eigenvalue weighted by Gasteiger charge is -2.48. The van der Waals surface area contributed by atoms with Crippen LogP contribution in [-0.2, 0) is 48.7 Å². The van der Waals surface area contributed by atoms with E-state index in [1.807, 2.05) is 0 Å². The lowest BCUT2D eigenvalue weighted by Crippen LogP contribution is -2.61. The van der Waals surface area contributed by atoms with E-state index in [4.69, 9.17) is 4.42 Å². The van der Waals surface area contributed by atoms with Crippen molar-refractivity contribution in [3.05, 3.63) is 189 Å². The number of hydrogen-bond donors (Lipinski definition) is 0. The molecule has 5 heteroatoms. The number of furan rings is 1. The third kappa shape index (κ3) is 7.79. The van der Waals surface area contributed by atoms with Gasteiger partial charge in [-0.2, -0.15) is 0 Å². The van der Waals surface area contributed by atoms with Crippen LogP contribution in [-0.4, -0.2) is 6.71 Å². The molecule has 5 aliphatic carbocycles. The van der Waals surface area contributed by atoms with Gasteiger partial charge in [0.15, 0.2) is 0 Å². The molecule has 3 heterocycles. The molecule has 86 heavy (non-hydrogen) atoms. The summed E-state index contributed by atoms with van der Waals surface area (Å²) in [5.41, 5.74) is 29.8. The molecule has 0 N–H and O–H groups in total. The summed E-state index contributed by atoms with van der Waals surface area (Å²) in [6, 6.07) is 53.5. The zero-order chi connectivity index (χ0) is 60.6. The predicted octanol–water partition coefficient (Wildman–Crippen LogP) is 20.5. The van der Waals surface area contributed by atoms with Gasteiger partial charge in [0.25, 0.3) is 6.71 Å². The van der Waals surface area contributed by atoms with Crippen molar-refractivity contribution < 1.29 is 4.42 Å². The minimum Gasteiger partial charge on any atom is -0.472 e. The fourth-order valence-corrected chi connectivity index (χ4v) is 17.9. The summed E-state index contributed by atoms with van der Waals surface area (Å²) in [5, 5.41) is 0. The summed E-state index contributed by atoms with van der Waals surface area (Å²) in [4.78, 5) is 8.12. The Hall–Kier alpha value is -6.72. The Balaban J connectivity index is 1.13. The van der Waals surface area contributed by atoms with Gasteiger partial charge in [-0.3, -0.25) is 0 Å². The number of hydrogen-bond acceptors (Lipinski definition) is 4. The van der Waals surface area contributed by atoms with E-state index in [-0.39, 0.29) is 55.4 Å². The minimum absolute atomic E-state index is 0.000358. The molecule has 0 saturated carbocycles. The largest absolute Gasteiger partial charge is 0.472 e. The second-order valence-corrected chi connectivity index (χ2v) is 33.5. The molecule has 0 spiro atoms. The van der Waals surface area contributed by atoms with E-state index in [1.54, 1.807) is 0 Å². The maximum absolute atomic E-state index is 8.08. The molecule has 0 radical (unpaired) electrons. The molecular formula is C81H92BN3O. The SMILES string of the molecule is CC1(C)CCC(C)(C)c2cc(N3c4cc5c(cc4B4c6oc7c(c6N(c6ccc8c(c6)C(C)(C)CCC8(C)C)c6cc(N(c8ccccc8)c8cccc9c8-c8ccccc8C9(C)C)cc3c64)C(C)(C)CCC7(C)C)C(C)(C)CCC5(C)C)ccc21. The quantitative estimate of drug-likeness (QED) is 0.160. The van der Waals surface area contributed by atoms with Crippen molar-refractivity contribution >= 4 is 74.5 Å². The van der Waals surface area contributed by atoms with Gasteiger partial charge in [0.2, 0.25) is 0 Å². The summed E-state index contributed by atoms with van der Waals surface area (Å²) < 4.78 is 8.08. The Bertz CT molecular complexity index is 4190. The van der Waals surface area contributed by atoms with Crippen molar-refractivity contribution in [3.63, 3.8) is 0 Å². The number of nitrogens with zero attached hydrogens (tertiary/aromatic N) is 3. The molecule has 0 fully saturated rings. The number of fused-ring (bicyclic) bond motifs is 12. The van der Waals surface area contributed by atoms with Crippen molar-refractivity contribution in [1.82, 2.24) is 0 Å². The first kappa shape index (κ1) is 55.8. The molecule has 0 atom stereocenters. The van der Waals surface area contributed by atoms with E-state index < -0.39 is 0 Å². The van der Waals surface area contributed by atoms with Crippen molar-refractivity contribution in [2.75, 3.05) is 14.7 Å². The van der Waals surface area contributed by atoms with Gasteiger partial charge in [0.1, 0.15) is 5.76 Å². The molecule has 2 aliphatic heterocycles. The summed E-state index contributed by atoms with van der Waals surface area (Å²) in [6.45, 7) is 44.4. The van der Waals surface area contributed by atoms with E-state index in [0.717, 1.165) is 61.3 Å². The van der Waals surface area contributed by atoms with Gasteiger partial charge in [-0.15, -0.1) is 0 Å². The lowest BCUT2D eigenvalue weighted by molar-refractivity contribution is 0.282.